The van der Waals surface area contributed by atoms with E-state index in [2.05, 4.69) is 34.6 Å². The Morgan fingerprint density at radius 1 is 0.708 bits per heavy atom. The molecule has 24 heavy (non-hydrogen) atoms. The zero-order valence-electron chi connectivity index (χ0n) is 17.2. The van der Waals surface area contributed by atoms with Gasteiger partial charge in [0.05, 0.1) is 5.92 Å². The monoisotopic (exact) mass is 340 g/mol. The highest BCUT2D eigenvalue weighted by Gasteiger charge is 2.29. The van der Waals surface area contributed by atoms with E-state index in [1.165, 1.54) is 44.9 Å². The zero-order chi connectivity index (χ0) is 18.2. The quantitative estimate of drug-likeness (QED) is 0.217. The first-order valence-electron chi connectivity index (χ1n) is 10.8. The van der Waals surface area contributed by atoms with Crippen LogP contribution in [0.25, 0.3) is 0 Å². The SMILES string of the molecule is CCCCCC(CC)OC(=O)C(CCCC)C(CC)CCCCC. The summed E-state index contributed by atoms with van der Waals surface area (Å²) in [4.78, 5) is 12.9. The number of esters is 1. The Kier molecular flexibility index (Phi) is 15.6. The average Bonchev–Trinajstić information content (AvgIpc) is 2.59. The van der Waals surface area contributed by atoms with Gasteiger partial charge in [0.1, 0.15) is 6.10 Å². The van der Waals surface area contributed by atoms with Crippen LogP contribution in [-0.4, -0.2) is 12.1 Å². The molecular weight excluding hydrogens is 296 g/mol. The van der Waals surface area contributed by atoms with Crippen LogP contribution in [0, 0.1) is 11.8 Å². The first-order valence-corrected chi connectivity index (χ1v) is 10.8. The van der Waals surface area contributed by atoms with Gasteiger partial charge in [0.25, 0.3) is 0 Å². The van der Waals surface area contributed by atoms with Gasteiger partial charge in [-0.1, -0.05) is 86.0 Å². The van der Waals surface area contributed by atoms with Crippen LogP contribution in [0.2, 0.25) is 0 Å². The molecule has 144 valence electrons. The van der Waals surface area contributed by atoms with Gasteiger partial charge in [-0.15, -0.1) is 0 Å². The minimum absolute atomic E-state index is 0.0927. The summed E-state index contributed by atoms with van der Waals surface area (Å²) in [6.07, 6.45) is 15.1. The first kappa shape index (κ1) is 23.5. The normalized spacial score (nSPS) is 15.0. The maximum atomic E-state index is 12.9. The smallest absolute Gasteiger partial charge is 0.309 e. The van der Waals surface area contributed by atoms with Crippen LogP contribution in [0.3, 0.4) is 0 Å². The number of unbranched alkanes of at least 4 members (excludes halogenated alkanes) is 5. The lowest BCUT2D eigenvalue weighted by Crippen LogP contribution is -2.29. The van der Waals surface area contributed by atoms with Crippen LogP contribution < -0.4 is 0 Å². The highest BCUT2D eigenvalue weighted by molar-refractivity contribution is 5.73. The topological polar surface area (TPSA) is 26.3 Å². The third kappa shape index (κ3) is 10.4. The van der Waals surface area contributed by atoms with Crippen LogP contribution in [-0.2, 0) is 9.53 Å². The molecule has 0 saturated heterocycles. The fourth-order valence-electron chi connectivity index (χ4n) is 3.54. The first-order chi connectivity index (χ1) is 11.6. The summed E-state index contributed by atoms with van der Waals surface area (Å²) < 4.78 is 5.96. The molecule has 0 spiro atoms. The van der Waals surface area contributed by atoms with Crippen molar-refractivity contribution < 1.29 is 9.53 Å². The van der Waals surface area contributed by atoms with E-state index >= 15 is 0 Å². The molecule has 0 aliphatic carbocycles. The Morgan fingerprint density at radius 2 is 1.29 bits per heavy atom. The van der Waals surface area contributed by atoms with Gasteiger partial charge in [0.2, 0.25) is 0 Å². The molecule has 2 nitrogen and oxygen atoms in total. The summed E-state index contributed by atoms with van der Waals surface area (Å²) in [5.74, 6) is 0.714. The molecule has 0 aliphatic rings. The summed E-state index contributed by atoms with van der Waals surface area (Å²) in [7, 11) is 0. The molecule has 3 atom stereocenters. The molecule has 0 aliphatic heterocycles. The van der Waals surface area contributed by atoms with Gasteiger partial charge in [-0.25, -0.2) is 0 Å². The van der Waals surface area contributed by atoms with Crippen molar-refractivity contribution in [2.24, 2.45) is 11.8 Å². The van der Waals surface area contributed by atoms with Gasteiger partial charge in [0.15, 0.2) is 0 Å². The molecule has 0 aromatic carbocycles. The lowest BCUT2D eigenvalue weighted by Gasteiger charge is -2.27. The van der Waals surface area contributed by atoms with Crippen molar-refractivity contribution in [1.29, 1.82) is 0 Å². The number of hydrogen-bond donors (Lipinski definition) is 0. The fourth-order valence-corrected chi connectivity index (χ4v) is 3.54. The lowest BCUT2D eigenvalue weighted by atomic mass is 9.82. The molecule has 0 fully saturated rings. The molecule has 3 unspecified atom stereocenters. The molecule has 2 heteroatoms. The molecule has 0 amide bonds. The minimum Gasteiger partial charge on any atom is -0.462 e. The zero-order valence-corrected chi connectivity index (χ0v) is 17.2. The second-order valence-electron chi connectivity index (χ2n) is 7.38. The molecule has 0 rings (SSSR count). The average molecular weight is 341 g/mol. The van der Waals surface area contributed by atoms with E-state index in [9.17, 15) is 4.79 Å². The second-order valence-corrected chi connectivity index (χ2v) is 7.38. The van der Waals surface area contributed by atoms with E-state index < -0.39 is 0 Å². The van der Waals surface area contributed by atoms with Crippen LogP contribution in [0.5, 0.6) is 0 Å². The van der Waals surface area contributed by atoms with Crippen molar-refractivity contribution in [3.8, 4) is 0 Å². The highest BCUT2D eigenvalue weighted by Crippen LogP contribution is 2.29. The van der Waals surface area contributed by atoms with E-state index in [0.29, 0.717) is 5.92 Å². The van der Waals surface area contributed by atoms with Gasteiger partial charge < -0.3 is 4.74 Å². The summed E-state index contributed by atoms with van der Waals surface area (Å²) in [6.45, 7) is 11.0. The summed E-state index contributed by atoms with van der Waals surface area (Å²) in [5, 5.41) is 0. The second kappa shape index (κ2) is 16.0. The van der Waals surface area contributed by atoms with E-state index in [4.69, 9.17) is 4.74 Å². The number of ether oxygens (including phenoxy) is 1. The van der Waals surface area contributed by atoms with Gasteiger partial charge in [0, 0.05) is 0 Å². The third-order valence-corrected chi connectivity index (χ3v) is 5.31. The molecule has 0 saturated carbocycles. The predicted octanol–water partition coefficient (Wildman–Crippen LogP) is 7.30. The molecule has 0 N–H and O–H groups in total. The van der Waals surface area contributed by atoms with Crippen molar-refractivity contribution in [3.05, 3.63) is 0 Å². The van der Waals surface area contributed by atoms with Crippen molar-refractivity contribution in [2.45, 2.75) is 124 Å². The molecule has 0 bridgehead atoms. The van der Waals surface area contributed by atoms with E-state index in [-0.39, 0.29) is 18.0 Å². The molecular formula is C22H44O2. The van der Waals surface area contributed by atoms with Crippen LogP contribution in [0.1, 0.15) is 118 Å². The molecule has 0 aromatic heterocycles. The van der Waals surface area contributed by atoms with E-state index in [0.717, 1.165) is 38.5 Å². The van der Waals surface area contributed by atoms with Gasteiger partial charge in [-0.05, 0) is 38.0 Å². The van der Waals surface area contributed by atoms with E-state index in [1.54, 1.807) is 0 Å². The van der Waals surface area contributed by atoms with Crippen molar-refractivity contribution >= 4 is 5.97 Å². The summed E-state index contributed by atoms with van der Waals surface area (Å²) in [5.41, 5.74) is 0. The van der Waals surface area contributed by atoms with Crippen molar-refractivity contribution in [1.82, 2.24) is 0 Å². The predicted molar refractivity (Wildman–Crippen MR) is 105 cm³/mol. The lowest BCUT2D eigenvalue weighted by molar-refractivity contribution is -0.157. The number of rotatable bonds is 16. The Labute approximate surface area is 152 Å². The maximum Gasteiger partial charge on any atom is 0.309 e. The Bertz CT molecular complexity index is 288. The maximum absolute atomic E-state index is 12.9. The Morgan fingerprint density at radius 3 is 1.79 bits per heavy atom. The Hall–Kier alpha value is -0.530. The number of carbonyl (C=O) groups excluding carboxylic acids is 1. The Balaban J connectivity index is 4.69. The van der Waals surface area contributed by atoms with Crippen molar-refractivity contribution in [3.63, 3.8) is 0 Å². The molecule has 0 aromatic rings. The highest BCUT2D eigenvalue weighted by atomic mass is 16.5. The van der Waals surface area contributed by atoms with Gasteiger partial charge in [-0.3, -0.25) is 4.79 Å². The van der Waals surface area contributed by atoms with Crippen LogP contribution >= 0.6 is 0 Å². The summed E-state index contributed by atoms with van der Waals surface area (Å²) in [6, 6.07) is 0. The molecule has 0 radical (unpaired) electrons. The fraction of sp³-hybridized carbons (Fsp3) is 0.955. The van der Waals surface area contributed by atoms with Crippen LogP contribution in [0.15, 0.2) is 0 Å². The summed E-state index contributed by atoms with van der Waals surface area (Å²) >= 11 is 0. The standard InChI is InChI=1S/C22H44O2/c1-6-11-14-16-19(9-4)21(18-13-8-3)22(23)24-20(10-5)17-15-12-7-2/h19-21H,6-18H2,1-5H3. The minimum atomic E-state index is 0.0927. The third-order valence-electron chi connectivity index (χ3n) is 5.31. The number of carbonyl (C=O) groups is 1. The van der Waals surface area contributed by atoms with Crippen molar-refractivity contribution in [2.75, 3.05) is 0 Å². The number of hydrogen-bond acceptors (Lipinski definition) is 2. The van der Waals surface area contributed by atoms with Gasteiger partial charge in [-0.2, -0.15) is 0 Å². The van der Waals surface area contributed by atoms with E-state index in [1.807, 2.05) is 0 Å². The van der Waals surface area contributed by atoms with Crippen LogP contribution in [0.4, 0.5) is 0 Å². The van der Waals surface area contributed by atoms with Gasteiger partial charge >= 0.3 is 5.97 Å². The molecule has 0 heterocycles. The largest absolute Gasteiger partial charge is 0.462 e.